The van der Waals surface area contributed by atoms with Crippen LogP contribution >= 0.6 is 0 Å². The number of rotatable bonds is 12. The minimum absolute atomic E-state index is 0.0899. The van der Waals surface area contributed by atoms with Crippen LogP contribution in [0.2, 0.25) is 0 Å². The van der Waals surface area contributed by atoms with Crippen molar-refractivity contribution in [2.24, 2.45) is 5.41 Å². The zero-order valence-electron chi connectivity index (χ0n) is 13.6. The van der Waals surface area contributed by atoms with E-state index < -0.39 is 5.41 Å². The van der Waals surface area contributed by atoms with Crippen LogP contribution in [0.1, 0.15) is 85.0 Å². The second-order valence-corrected chi connectivity index (χ2v) is 5.63. The molecule has 20 heavy (non-hydrogen) atoms. The van der Waals surface area contributed by atoms with Crippen molar-refractivity contribution in [2.75, 3.05) is 6.54 Å². The number of carbonyl (C=O) groups is 1. The van der Waals surface area contributed by atoms with Gasteiger partial charge in [-0.25, -0.2) is 0 Å². The Morgan fingerprint density at radius 2 is 1.45 bits per heavy atom. The lowest BCUT2D eigenvalue weighted by atomic mass is 9.83. The van der Waals surface area contributed by atoms with Gasteiger partial charge in [0.1, 0.15) is 5.41 Å². The third-order valence-electron chi connectivity index (χ3n) is 4.17. The number of unbranched alkanes of at least 4 members (excludes halogenated alkanes) is 7. The Balaban J connectivity index is 3.65. The van der Waals surface area contributed by atoms with Crippen molar-refractivity contribution in [3.05, 3.63) is 0 Å². The standard InChI is InChI=1S/C17H32N2O/c1-4-7-8-9-10-11-12-13-14-19-16(20)17(5-2,6-3)15-18/h4-14H2,1-3H3,(H,19,20). The van der Waals surface area contributed by atoms with E-state index in [1.165, 1.54) is 44.9 Å². The molecule has 0 atom stereocenters. The van der Waals surface area contributed by atoms with Gasteiger partial charge in [-0.2, -0.15) is 5.26 Å². The van der Waals surface area contributed by atoms with Crippen molar-refractivity contribution in [3.8, 4) is 6.07 Å². The average molecular weight is 280 g/mol. The third kappa shape index (κ3) is 6.93. The summed E-state index contributed by atoms with van der Waals surface area (Å²) in [7, 11) is 0. The van der Waals surface area contributed by atoms with E-state index in [-0.39, 0.29) is 5.91 Å². The predicted molar refractivity (Wildman–Crippen MR) is 84.2 cm³/mol. The van der Waals surface area contributed by atoms with Gasteiger partial charge in [0.15, 0.2) is 0 Å². The Hall–Kier alpha value is -1.04. The number of nitrogens with one attached hydrogen (secondary N) is 1. The second kappa shape index (κ2) is 11.8. The van der Waals surface area contributed by atoms with Crippen LogP contribution < -0.4 is 5.32 Å². The maximum Gasteiger partial charge on any atom is 0.240 e. The van der Waals surface area contributed by atoms with Crippen LogP contribution in [0.4, 0.5) is 0 Å². The summed E-state index contributed by atoms with van der Waals surface area (Å²) in [5, 5.41) is 12.1. The Bertz CT molecular complexity index is 290. The summed E-state index contributed by atoms with van der Waals surface area (Å²) >= 11 is 0. The summed E-state index contributed by atoms with van der Waals surface area (Å²) < 4.78 is 0. The highest BCUT2D eigenvalue weighted by Crippen LogP contribution is 2.25. The molecule has 1 N–H and O–H groups in total. The zero-order valence-corrected chi connectivity index (χ0v) is 13.6. The molecule has 1 amide bonds. The molecular formula is C17H32N2O. The monoisotopic (exact) mass is 280 g/mol. The molecule has 0 saturated heterocycles. The average Bonchev–Trinajstić information content (AvgIpc) is 2.48. The molecule has 0 unspecified atom stereocenters. The minimum Gasteiger partial charge on any atom is -0.355 e. The molecule has 0 aliphatic heterocycles. The molecule has 0 spiro atoms. The predicted octanol–water partition coefficient (Wildman–Crippen LogP) is 4.57. The first kappa shape index (κ1) is 19.0. The Morgan fingerprint density at radius 1 is 0.950 bits per heavy atom. The summed E-state index contributed by atoms with van der Waals surface area (Å²) in [6, 6.07) is 2.18. The lowest BCUT2D eigenvalue weighted by Crippen LogP contribution is -2.39. The number of amides is 1. The molecule has 0 heterocycles. The Kier molecular flexibility index (Phi) is 11.1. The van der Waals surface area contributed by atoms with E-state index >= 15 is 0 Å². The normalized spacial score (nSPS) is 11.1. The van der Waals surface area contributed by atoms with Crippen LogP contribution in [-0.4, -0.2) is 12.5 Å². The van der Waals surface area contributed by atoms with Gasteiger partial charge in [-0.05, 0) is 19.3 Å². The first-order valence-electron chi connectivity index (χ1n) is 8.36. The molecule has 0 fully saturated rings. The summed E-state index contributed by atoms with van der Waals surface area (Å²) in [5.41, 5.74) is -0.819. The molecule has 116 valence electrons. The van der Waals surface area contributed by atoms with Gasteiger partial charge in [-0.1, -0.05) is 65.7 Å². The second-order valence-electron chi connectivity index (χ2n) is 5.63. The van der Waals surface area contributed by atoms with Crippen molar-refractivity contribution in [1.29, 1.82) is 5.26 Å². The van der Waals surface area contributed by atoms with Gasteiger partial charge in [-0.3, -0.25) is 4.79 Å². The van der Waals surface area contributed by atoms with Crippen molar-refractivity contribution >= 4 is 5.91 Å². The summed E-state index contributed by atoms with van der Waals surface area (Å²) in [4.78, 5) is 12.0. The summed E-state index contributed by atoms with van der Waals surface area (Å²) in [6.07, 6.45) is 11.3. The van der Waals surface area contributed by atoms with Gasteiger partial charge < -0.3 is 5.32 Å². The molecule has 0 aromatic carbocycles. The molecule has 0 saturated carbocycles. The van der Waals surface area contributed by atoms with E-state index in [0.717, 1.165) is 6.42 Å². The lowest BCUT2D eigenvalue weighted by molar-refractivity contribution is -0.128. The molecule has 0 rings (SSSR count). The lowest BCUT2D eigenvalue weighted by Gasteiger charge is -2.22. The fourth-order valence-corrected chi connectivity index (χ4v) is 2.41. The Labute approximate surface area is 125 Å². The van der Waals surface area contributed by atoms with Gasteiger partial charge in [0.25, 0.3) is 0 Å². The molecule has 0 aliphatic carbocycles. The van der Waals surface area contributed by atoms with E-state index in [1.807, 2.05) is 13.8 Å². The van der Waals surface area contributed by atoms with Gasteiger partial charge in [0.05, 0.1) is 6.07 Å². The van der Waals surface area contributed by atoms with E-state index in [4.69, 9.17) is 0 Å². The highest BCUT2D eigenvalue weighted by Gasteiger charge is 2.34. The fourth-order valence-electron chi connectivity index (χ4n) is 2.41. The van der Waals surface area contributed by atoms with E-state index in [0.29, 0.717) is 19.4 Å². The first-order chi connectivity index (χ1) is 9.66. The molecule has 3 nitrogen and oxygen atoms in total. The van der Waals surface area contributed by atoms with Crippen LogP contribution in [0, 0.1) is 16.7 Å². The van der Waals surface area contributed by atoms with Gasteiger partial charge >= 0.3 is 0 Å². The van der Waals surface area contributed by atoms with Gasteiger partial charge in [0, 0.05) is 6.54 Å². The van der Waals surface area contributed by atoms with Gasteiger partial charge in [-0.15, -0.1) is 0 Å². The van der Waals surface area contributed by atoms with Crippen LogP contribution in [-0.2, 0) is 4.79 Å². The van der Waals surface area contributed by atoms with Gasteiger partial charge in [0.2, 0.25) is 5.91 Å². The SMILES string of the molecule is CCCCCCCCCCNC(=O)C(C#N)(CC)CC. The summed E-state index contributed by atoms with van der Waals surface area (Å²) in [6.45, 7) is 6.75. The van der Waals surface area contributed by atoms with Crippen molar-refractivity contribution in [3.63, 3.8) is 0 Å². The topological polar surface area (TPSA) is 52.9 Å². The quantitative estimate of drug-likeness (QED) is 0.532. The van der Waals surface area contributed by atoms with E-state index in [9.17, 15) is 10.1 Å². The number of nitrogens with zero attached hydrogens (tertiary/aromatic N) is 1. The summed E-state index contributed by atoms with van der Waals surface area (Å²) in [5.74, 6) is -0.0899. The van der Waals surface area contributed by atoms with Crippen LogP contribution in [0.3, 0.4) is 0 Å². The van der Waals surface area contributed by atoms with Crippen LogP contribution in [0.25, 0.3) is 0 Å². The number of carbonyl (C=O) groups excluding carboxylic acids is 1. The highest BCUT2D eigenvalue weighted by atomic mass is 16.2. The number of nitriles is 1. The molecule has 0 aliphatic rings. The maximum absolute atomic E-state index is 12.0. The number of hydrogen-bond acceptors (Lipinski definition) is 2. The van der Waals surface area contributed by atoms with Crippen molar-refractivity contribution < 1.29 is 4.79 Å². The van der Waals surface area contributed by atoms with E-state index in [2.05, 4.69) is 18.3 Å². The van der Waals surface area contributed by atoms with E-state index in [1.54, 1.807) is 0 Å². The molecule has 3 heteroatoms. The third-order valence-corrected chi connectivity index (χ3v) is 4.17. The Morgan fingerprint density at radius 3 is 1.90 bits per heavy atom. The van der Waals surface area contributed by atoms with Crippen LogP contribution in [0.5, 0.6) is 0 Å². The highest BCUT2D eigenvalue weighted by molar-refractivity contribution is 5.85. The minimum atomic E-state index is -0.819. The zero-order chi connectivity index (χ0) is 15.3. The smallest absolute Gasteiger partial charge is 0.240 e. The number of hydrogen-bond donors (Lipinski definition) is 1. The molecule has 0 radical (unpaired) electrons. The molecule has 0 bridgehead atoms. The first-order valence-corrected chi connectivity index (χ1v) is 8.36. The molecule has 0 aromatic rings. The van der Waals surface area contributed by atoms with Crippen LogP contribution in [0.15, 0.2) is 0 Å². The molecule has 0 aromatic heterocycles. The molecular weight excluding hydrogens is 248 g/mol. The fraction of sp³-hybridized carbons (Fsp3) is 0.882. The maximum atomic E-state index is 12.0. The van der Waals surface area contributed by atoms with Crippen molar-refractivity contribution in [1.82, 2.24) is 5.32 Å². The largest absolute Gasteiger partial charge is 0.355 e. The van der Waals surface area contributed by atoms with Crippen molar-refractivity contribution in [2.45, 2.75) is 85.0 Å².